The molecule has 0 saturated carbocycles. The van der Waals surface area contributed by atoms with Crippen molar-refractivity contribution in [3.05, 3.63) is 65.7 Å². The van der Waals surface area contributed by atoms with Crippen molar-refractivity contribution in [2.24, 2.45) is 4.99 Å². The van der Waals surface area contributed by atoms with E-state index in [0.717, 1.165) is 32.7 Å². The Bertz CT molecular complexity index is 1010. The van der Waals surface area contributed by atoms with Gasteiger partial charge in [0, 0.05) is 44.0 Å². The molecule has 2 aromatic carbocycles. The summed E-state index contributed by atoms with van der Waals surface area (Å²) in [7, 11) is 0. The number of nitrogens with zero attached hydrogens (tertiary/aromatic N) is 3. The molecule has 2 N–H and O–H groups in total. The third-order valence-corrected chi connectivity index (χ3v) is 5.69. The maximum Gasteiger partial charge on any atom is 0.249 e. The molecule has 2 aliphatic heterocycles. The molecule has 2 heterocycles. The van der Waals surface area contributed by atoms with Crippen LogP contribution in [-0.2, 0) is 16.1 Å². The van der Waals surface area contributed by atoms with Crippen molar-refractivity contribution >= 4 is 29.2 Å². The van der Waals surface area contributed by atoms with Crippen LogP contribution in [0.2, 0.25) is 0 Å². The van der Waals surface area contributed by atoms with Crippen LogP contribution in [0.15, 0.2) is 59.6 Å². The van der Waals surface area contributed by atoms with Gasteiger partial charge in [-0.15, -0.1) is 0 Å². The maximum absolute atomic E-state index is 12.7. The van der Waals surface area contributed by atoms with E-state index in [0.29, 0.717) is 17.2 Å². The van der Waals surface area contributed by atoms with Crippen molar-refractivity contribution in [1.82, 2.24) is 15.1 Å². The Labute approximate surface area is 187 Å². The fraction of sp³-hybridized carbons (Fsp3) is 0.333. The smallest absolute Gasteiger partial charge is 0.249 e. The van der Waals surface area contributed by atoms with Crippen molar-refractivity contribution in [2.75, 3.05) is 31.5 Å². The summed E-state index contributed by atoms with van der Waals surface area (Å²) in [5.41, 5.74) is 2.42. The number of hydrogen-bond donors (Lipinski definition) is 2. The van der Waals surface area contributed by atoms with Crippen LogP contribution in [-0.4, -0.2) is 65.6 Å². The van der Waals surface area contributed by atoms with E-state index >= 15 is 0 Å². The molecule has 4 rings (SSSR count). The summed E-state index contributed by atoms with van der Waals surface area (Å²) >= 11 is 0. The van der Waals surface area contributed by atoms with Crippen LogP contribution in [0.5, 0.6) is 0 Å². The second kappa shape index (κ2) is 9.74. The van der Waals surface area contributed by atoms with Crippen LogP contribution >= 0.6 is 0 Å². The number of ketones is 1. The maximum atomic E-state index is 12.7. The molecule has 32 heavy (non-hydrogen) atoms. The number of rotatable bonds is 5. The van der Waals surface area contributed by atoms with Gasteiger partial charge in [-0.25, -0.2) is 4.99 Å². The molecule has 166 valence electrons. The number of carbonyl (C=O) groups excluding carboxylic acids is 3. The van der Waals surface area contributed by atoms with Crippen molar-refractivity contribution < 1.29 is 14.4 Å². The summed E-state index contributed by atoms with van der Waals surface area (Å²) in [6.07, 6.45) is 0.00876. The van der Waals surface area contributed by atoms with E-state index in [-0.39, 0.29) is 24.0 Å². The predicted molar refractivity (Wildman–Crippen MR) is 122 cm³/mol. The van der Waals surface area contributed by atoms with Gasteiger partial charge in [-0.3, -0.25) is 24.6 Å². The van der Waals surface area contributed by atoms with E-state index in [2.05, 4.69) is 32.7 Å². The molecule has 2 aromatic rings. The summed E-state index contributed by atoms with van der Waals surface area (Å²) in [4.78, 5) is 45.3. The SMILES string of the molecule is CC(=O)c1ccc(NC(=O)[C@@H]2CC(=O)NC(N3CCN(Cc4ccccc4)CC3)=N2)cc1. The highest BCUT2D eigenvalue weighted by Gasteiger charge is 2.30. The predicted octanol–water partition coefficient (Wildman–Crippen LogP) is 1.89. The van der Waals surface area contributed by atoms with Crippen LogP contribution in [0.1, 0.15) is 29.3 Å². The lowest BCUT2D eigenvalue weighted by Crippen LogP contribution is -2.56. The number of nitrogens with one attached hydrogen (secondary N) is 2. The largest absolute Gasteiger partial charge is 0.340 e. The number of guanidine groups is 1. The highest BCUT2D eigenvalue weighted by molar-refractivity contribution is 6.06. The van der Waals surface area contributed by atoms with Crippen molar-refractivity contribution in [3.63, 3.8) is 0 Å². The van der Waals surface area contributed by atoms with Crippen LogP contribution in [0.3, 0.4) is 0 Å². The van der Waals surface area contributed by atoms with E-state index in [1.165, 1.54) is 12.5 Å². The van der Waals surface area contributed by atoms with E-state index in [1.807, 2.05) is 23.1 Å². The molecular formula is C24H27N5O3. The van der Waals surface area contributed by atoms with E-state index < -0.39 is 6.04 Å². The van der Waals surface area contributed by atoms with Crippen LogP contribution in [0.25, 0.3) is 0 Å². The summed E-state index contributed by atoms with van der Waals surface area (Å²) in [6, 6.07) is 16.2. The monoisotopic (exact) mass is 433 g/mol. The topological polar surface area (TPSA) is 94.1 Å². The van der Waals surface area contributed by atoms with Gasteiger partial charge < -0.3 is 10.2 Å². The fourth-order valence-corrected chi connectivity index (χ4v) is 3.86. The minimum atomic E-state index is -0.784. The molecule has 0 aliphatic carbocycles. The van der Waals surface area contributed by atoms with E-state index in [1.54, 1.807) is 24.3 Å². The highest BCUT2D eigenvalue weighted by atomic mass is 16.2. The number of hydrogen-bond acceptors (Lipinski definition) is 6. The number of amides is 2. The Morgan fingerprint density at radius 3 is 2.38 bits per heavy atom. The molecule has 0 radical (unpaired) electrons. The Hall–Kier alpha value is -3.52. The lowest BCUT2D eigenvalue weighted by atomic mass is 10.1. The van der Waals surface area contributed by atoms with E-state index in [4.69, 9.17) is 0 Å². The van der Waals surface area contributed by atoms with Crippen molar-refractivity contribution in [2.45, 2.75) is 25.9 Å². The zero-order valence-corrected chi connectivity index (χ0v) is 18.1. The van der Waals surface area contributed by atoms with Crippen molar-refractivity contribution in [1.29, 1.82) is 0 Å². The summed E-state index contributed by atoms with van der Waals surface area (Å²) in [6.45, 7) is 5.54. The second-order valence-electron chi connectivity index (χ2n) is 8.09. The number of piperazine rings is 1. The average Bonchev–Trinajstić information content (AvgIpc) is 2.80. The van der Waals surface area contributed by atoms with Gasteiger partial charge in [-0.05, 0) is 36.8 Å². The third-order valence-electron chi connectivity index (χ3n) is 5.69. The van der Waals surface area contributed by atoms with Gasteiger partial charge in [0.2, 0.25) is 17.8 Å². The van der Waals surface area contributed by atoms with Gasteiger partial charge in [0.1, 0.15) is 6.04 Å². The lowest BCUT2D eigenvalue weighted by Gasteiger charge is -2.37. The molecule has 0 spiro atoms. The molecule has 0 unspecified atom stereocenters. The first-order valence-corrected chi connectivity index (χ1v) is 10.8. The molecule has 8 heteroatoms. The number of anilines is 1. The van der Waals surface area contributed by atoms with Gasteiger partial charge in [0.25, 0.3) is 0 Å². The first-order valence-electron chi connectivity index (χ1n) is 10.8. The molecule has 2 aliphatic rings. The standard InChI is InChI=1S/C24H27N5O3/c1-17(30)19-7-9-20(10-8-19)25-23(32)21-15-22(31)27-24(26-21)29-13-11-28(12-14-29)16-18-5-3-2-4-6-18/h2-10,21H,11-16H2,1H3,(H,25,32)(H,26,27,31)/t21-/m0/s1. The van der Waals surface area contributed by atoms with Crippen LogP contribution in [0, 0.1) is 0 Å². The van der Waals surface area contributed by atoms with Gasteiger partial charge >= 0.3 is 0 Å². The van der Waals surface area contributed by atoms with Gasteiger partial charge in [-0.2, -0.15) is 0 Å². The minimum Gasteiger partial charge on any atom is -0.340 e. The second-order valence-corrected chi connectivity index (χ2v) is 8.09. The first kappa shape index (κ1) is 21.7. The van der Waals surface area contributed by atoms with Gasteiger partial charge in [0.15, 0.2) is 5.78 Å². The molecule has 8 nitrogen and oxygen atoms in total. The fourth-order valence-electron chi connectivity index (χ4n) is 3.86. The minimum absolute atomic E-state index is 0.00876. The number of carbonyl (C=O) groups is 3. The molecule has 0 aromatic heterocycles. The first-order chi connectivity index (χ1) is 15.5. The van der Waals surface area contributed by atoms with E-state index in [9.17, 15) is 14.4 Å². The Morgan fingerprint density at radius 1 is 1.03 bits per heavy atom. The Kier molecular flexibility index (Phi) is 6.61. The van der Waals surface area contributed by atoms with Gasteiger partial charge in [-0.1, -0.05) is 30.3 Å². The zero-order chi connectivity index (χ0) is 22.5. The highest BCUT2D eigenvalue weighted by Crippen LogP contribution is 2.15. The average molecular weight is 434 g/mol. The molecule has 0 bridgehead atoms. The molecular weight excluding hydrogens is 406 g/mol. The zero-order valence-electron chi connectivity index (χ0n) is 18.1. The number of aliphatic imine (C=N–C) groups is 1. The summed E-state index contributed by atoms with van der Waals surface area (Å²) in [5.74, 6) is -0.123. The molecule has 1 fully saturated rings. The van der Waals surface area contributed by atoms with Crippen molar-refractivity contribution in [3.8, 4) is 0 Å². The normalized spacial score (nSPS) is 19.2. The van der Waals surface area contributed by atoms with Gasteiger partial charge in [0.05, 0.1) is 6.42 Å². The third kappa shape index (κ3) is 5.39. The Morgan fingerprint density at radius 2 is 1.72 bits per heavy atom. The van der Waals surface area contributed by atoms with Crippen LogP contribution < -0.4 is 10.6 Å². The number of benzene rings is 2. The lowest BCUT2D eigenvalue weighted by molar-refractivity contribution is -0.125. The molecule has 1 saturated heterocycles. The molecule has 2 amide bonds. The summed E-state index contributed by atoms with van der Waals surface area (Å²) < 4.78 is 0. The van der Waals surface area contributed by atoms with Crippen LogP contribution in [0.4, 0.5) is 5.69 Å². The molecule has 1 atom stereocenters. The number of Topliss-reactive ketones (excluding diaryl/α,β-unsaturated/α-hetero) is 1. The Balaban J connectivity index is 1.36. The quantitative estimate of drug-likeness (QED) is 0.703. The summed E-state index contributed by atoms with van der Waals surface area (Å²) in [5, 5.41) is 5.61.